The summed E-state index contributed by atoms with van der Waals surface area (Å²) in [5, 5.41) is 6.13. The van der Waals surface area contributed by atoms with Gasteiger partial charge < -0.3 is 9.26 Å². The van der Waals surface area contributed by atoms with Crippen molar-refractivity contribution >= 4 is 11.9 Å². The number of hydrogen-bond acceptors (Lipinski definition) is 5. The second-order valence-electron chi connectivity index (χ2n) is 5.08. The highest BCUT2D eigenvalue weighted by atomic mass is 19.1. The molecule has 0 fully saturated rings. The van der Waals surface area contributed by atoms with Gasteiger partial charge in [0.25, 0.3) is 17.7 Å². The quantitative estimate of drug-likeness (QED) is 0.778. The van der Waals surface area contributed by atoms with Gasteiger partial charge in [-0.2, -0.15) is 4.98 Å². The lowest BCUT2D eigenvalue weighted by Crippen LogP contribution is -2.20. The lowest BCUT2D eigenvalue weighted by molar-refractivity contribution is -0.118. The van der Waals surface area contributed by atoms with E-state index >= 15 is 0 Å². The molecule has 3 aromatic rings. The minimum atomic E-state index is -0.414. The first-order valence-corrected chi connectivity index (χ1v) is 7.19. The molecule has 0 radical (unpaired) electrons. The summed E-state index contributed by atoms with van der Waals surface area (Å²) in [6.07, 6.45) is 0. The summed E-state index contributed by atoms with van der Waals surface area (Å²) in [5.41, 5.74) is 1.59. The highest BCUT2D eigenvalue weighted by Crippen LogP contribution is 2.19. The molecule has 0 aliphatic carbocycles. The van der Waals surface area contributed by atoms with Gasteiger partial charge in [-0.3, -0.25) is 10.1 Å². The molecule has 0 bridgehead atoms. The second kappa shape index (κ2) is 6.91. The maximum atomic E-state index is 12.9. The monoisotopic (exact) mass is 327 g/mol. The van der Waals surface area contributed by atoms with Gasteiger partial charge in [0, 0.05) is 5.56 Å². The third kappa shape index (κ3) is 3.95. The molecule has 1 amide bonds. The highest BCUT2D eigenvalue weighted by molar-refractivity contribution is 5.90. The number of anilines is 1. The van der Waals surface area contributed by atoms with Crippen LogP contribution in [0.25, 0.3) is 11.5 Å². The van der Waals surface area contributed by atoms with Crippen LogP contribution in [-0.4, -0.2) is 22.7 Å². The molecule has 1 N–H and O–H groups in total. The van der Waals surface area contributed by atoms with Crippen molar-refractivity contribution in [3.05, 3.63) is 59.9 Å². The van der Waals surface area contributed by atoms with Crippen LogP contribution in [0.2, 0.25) is 0 Å². The van der Waals surface area contributed by atoms with E-state index in [1.54, 1.807) is 6.07 Å². The molecule has 0 spiro atoms. The molecule has 2 aromatic carbocycles. The van der Waals surface area contributed by atoms with E-state index < -0.39 is 5.91 Å². The van der Waals surface area contributed by atoms with E-state index in [-0.39, 0.29) is 24.3 Å². The fraction of sp³-hybridized carbons (Fsp3) is 0.118. The molecular weight excluding hydrogens is 313 g/mol. The van der Waals surface area contributed by atoms with Gasteiger partial charge in [-0.1, -0.05) is 12.1 Å². The molecule has 24 heavy (non-hydrogen) atoms. The maximum absolute atomic E-state index is 12.9. The smallest absolute Gasteiger partial charge is 0.270 e. The first kappa shape index (κ1) is 15.7. The van der Waals surface area contributed by atoms with Gasteiger partial charge in [0.1, 0.15) is 11.6 Å². The fourth-order valence-corrected chi connectivity index (χ4v) is 2.00. The Bertz CT molecular complexity index is 846. The summed E-state index contributed by atoms with van der Waals surface area (Å²) in [6, 6.07) is 13.0. The topological polar surface area (TPSA) is 77.2 Å². The zero-order chi connectivity index (χ0) is 16.9. The average molecular weight is 327 g/mol. The van der Waals surface area contributed by atoms with E-state index in [4.69, 9.17) is 9.26 Å². The molecule has 0 aliphatic heterocycles. The Balaban J connectivity index is 1.58. The predicted molar refractivity (Wildman–Crippen MR) is 85.0 cm³/mol. The summed E-state index contributed by atoms with van der Waals surface area (Å²) in [6.45, 7) is 1.76. The molecule has 1 heterocycles. The molecule has 0 saturated heterocycles. The number of aromatic nitrogens is 2. The Kier molecular flexibility index (Phi) is 4.51. The van der Waals surface area contributed by atoms with Gasteiger partial charge in [0.05, 0.1) is 0 Å². The largest absolute Gasteiger partial charge is 0.484 e. The van der Waals surface area contributed by atoms with Crippen molar-refractivity contribution in [2.24, 2.45) is 0 Å². The molecule has 0 atom stereocenters. The van der Waals surface area contributed by atoms with Crippen LogP contribution < -0.4 is 10.1 Å². The van der Waals surface area contributed by atoms with E-state index in [0.29, 0.717) is 11.3 Å². The molecule has 6 nitrogen and oxygen atoms in total. The van der Waals surface area contributed by atoms with Gasteiger partial charge in [-0.05, 0) is 54.0 Å². The lowest BCUT2D eigenvalue weighted by Gasteiger charge is -2.05. The third-order valence-electron chi connectivity index (χ3n) is 3.13. The summed E-state index contributed by atoms with van der Waals surface area (Å²) >= 11 is 0. The van der Waals surface area contributed by atoms with Crippen molar-refractivity contribution in [2.75, 3.05) is 11.9 Å². The zero-order valence-electron chi connectivity index (χ0n) is 12.8. The second-order valence-corrected chi connectivity index (χ2v) is 5.08. The normalized spacial score (nSPS) is 10.4. The first-order valence-electron chi connectivity index (χ1n) is 7.19. The van der Waals surface area contributed by atoms with Gasteiger partial charge in [-0.25, -0.2) is 4.39 Å². The van der Waals surface area contributed by atoms with Gasteiger partial charge in [0.2, 0.25) is 0 Å². The molecule has 0 unspecified atom stereocenters. The van der Waals surface area contributed by atoms with Gasteiger partial charge in [-0.15, -0.1) is 0 Å². The van der Waals surface area contributed by atoms with Crippen LogP contribution in [-0.2, 0) is 4.79 Å². The summed E-state index contributed by atoms with van der Waals surface area (Å²) in [5.74, 6) is 0.0328. The number of halogens is 1. The summed E-state index contributed by atoms with van der Waals surface area (Å²) < 4.78 is 23.3. The van der Waals surface area contributed by atoms with Crippen LogP contribution >= 0.6 is 0 Å². The van der Waals surface area contributed by atoms with Crippen LogP contribution in [0.15, 0.2) is 53.1 Å². The third-order valence-corrected chi connectivity index (χ3v) is 3.13. The number of nitrogens with zero attached hydrogens (tertiary/aromatic N) is 2. The molecular formula is C17H14FN3O3. The Morgan fingerprint density at radius 3 is 2.79 bits per heavy atom. The minimum absolute atomic E-state index is 0.0205. The van der Waals surface area contributed by atoms with E-state index in [9.17, 15) is 9.18 Å². The molecule has 0 aliphatic rings. The van der Waals surface area contributed by atoms with Crippen molar-refractivity contribution in [3.63, 3.8) is 0 Å². The molecule has 0 saturated carbocycles. The molecule has 122 valence electrons. The molecule has 7 heteroatoms. The van der Waals surface area contributed by atoms with Crippen molar-refractivity contribution in [2.45, 2.75) is 6.92 Å². The lowest BCUT2D eigenvalue weighted by atomic mass is 10.2. The Hall–Kier alpha value is -3.22. The van der Waals surface area contributed by atoms with Crippen LogP contribution in [0.3, 0.4) is 0 Å². The summed E-state index contributed by atoms with van der Waals surface area (Å²) in [4.78, 5) is 15.9. The number of benzene rings is 2. The van der Waals surface area contributed by atoms with Crippen LogP contribution in [0.5, 0.6) is 5.75 Å². The SMILES string of the molecule is Cc1cccc(OCC(=O)Nc2noc(-c3ccc(F)cc3)n2)c1. The molecule has 3 rings (SSSR count). The number of aryl methyl sites for hydroxylation is 1. The number of carbonyl (C=O) groups excluding carboxylic acids is 1. The minimum Gasteiger partial charge on any atom is -0.484 e. The Morgan fingerprint density at radius 1 is 1.25 bits per heavy atom. The zero-order valence-corrected chi connectivity index (χ0v) is 12.8. The number of nitrogens with one attached hydrogen (secondary N) is 1. The number of amides is 1. The standard InChI is InChI=1S/C17H14FN3O3/c1-11-3-2-4-14(9-11)23-10-15(22)19-17-20-16(24-21-17)12-5-7-13(18)8-6-12/h2-9H,10H2,1H3,(H,19,21,22). The van der Waals surface area contributed by atoms with E-state index in [1.807, 2.05) is 25.1 Å². The van der Waals surface area contributed by atoms with Gasteiger partial charge in [0.15, 0.2) is 6.61 Å². The van der Waals surface area contributed by atoms with Gasteiger partial charge >= 0.3 is 0 Å². The van der Waals surface area contributed by atoms with Crippen molar-refractivity contribution in [3.8, 4) is 17.2 Å². The average Bonchev–Trinajstić information content (AvgIpc) is 3.02. The molecule has 1 aromatic heterocycles. The van der Waals surface area contributed by atoms with Crippen LogP contribution in [0.1, 0.15) is 5.56 Å². The predicted octanol–water partition coefficient (Wildman–Crippen LogP) is 3.20. The first-order chi connectivity index (χ1) is 11.6. The van der Waals surface area contributed by atoms with Crippen molar-refractivity contribution in [1.29, 1.82) is 0 Å². The van der Waals surface area contributed by atoms with E-state index in [2.05, 4.69) is 15.5 Å². The van der Waals surface area contributed by atoms with E-state index in [1.165, 1.54) is 24.3 Å². The summed E-state index contributed by atoms with van der Waals surface area (Å²) in [7, 11) is 0. The number of ether oxygens (including phenoxy) is 1. The number of carbonyl (C=O) groups is 1. The Morgan fingerprint density at radius 2 is 2.04 bits per heavy atom. The number of rotatable bonds is 5. The maximum Gasteiger partial charge on any atom is 0.270 e. The number of hydrogen-bond donors (Lipinski definition) is 1. The fourth-order valence-electron chi connectivity index (χ4n) is 2.00. The van der Waals surface area contributed by atoms with Crippen LogP contribution in [0, 0.1) is 12.7 Å². The van der Waals surface area contributed by atoms with E-state index in [0.717, 1.165) is 5.56 Å². The van der Waals surface area contributed by atoms with Crippen LogP contribution in [0.4, 0.5) is 10.3 Å². The van der Waals surface area contributed by atoms with Crippen molar-refractivity contribution in [1.82, 2.24) is 10.1 Å². The highest BCUT2D eigenvalue weighted by Gasteiger charge is 2.12. The Labute approximate surface area is 137 Å². The van der Waals surface area contributed by atoms with Crippen molar-refractivity contribution < 1.29 is 18.4 Å².